The Morgan fingerprint density at radius 3 is 1.29 bits per heavy atom. The fraction of sp³-hybridized carbons (Fsp3) is 1.00. The summed E-state index contributed by atoms with van der Waals surface area (Å²) in [5, 5.41) is 0. The lowest BCUT2D eigenvalue weighted by molar-refractivity contribution is 0.548. The smallest absolute Gasteiger partial charge is 0.0356 e. The monoisotopic (exact) mass is 261 g/mol. The minimum absolute atomic E-state index is 0. The van der Waals surface area contributed by atoms with Gasteiger partial charge in [0.1, 0.15) is 0 Å². The fourth-order valence-electron chi connectivity index (χ4n) is 2.14. The number of unbranched alkanes of at least 4 members (excludes halogenated alkanes) is 11. The highest BCUT2D eigenvalue weighted by molar-refractivity contribution is 7.36. The van der Waals surface area contributed by atoms with Crippen molar-refractivity contribution >= 4 is 8.58 Å². The van der Waals surface area contributed by atoms with Crippen LogP contribution >= 0.6 is 8.58 Å². The van der Waals surface area contributed by atoms with Gasteiger partial charge in [-0.1, -0.05) is 77.6 Å². The summed E-state index contributed by atoms with van der Waals surface area (Å²) in [7, 11) is 1.17. The Labute approximate surface area is 112 Å². The molecule has 1 nitrogen and oxygen atoms in total. The molecule has 0 amide bonds. The Hall–Kier alpha value is 0.390. The van der Waals surface area contributed by atoms with Crippen molar-refractivity contribution in [2.24, 2.45) is 0 Å². The second-order valence-electron chi connectivity index (χ2n) is 4.99. The molecule has 0 aromatic heterocycles. The van der Waals surface area contributed by atoms with E-state index in [2.05, 4.69) is 13.6 Å². The van der Waals surface area contributed by atoms with Crippen LogP contribution in [0.2, 0.25) is 0 Å². The van der Waals surface area contributed by atoms with E-state index in [4.69, 9.17) is 0 Å². The number of hydrogen-bond acceptors (Lipinski definition) is 1. The summed E-state index contributed by atoms with van der Waals surface area (Å²) < 4.78 is 0. The minimum atomic E-state index is 0. The zero-order valence-corrected chi connectivity index (χ0v) is 13.4. The summed E-state index contributed by atoms with van der Waals surface area (Å²) in [5.41, 5.74) is 0. The Morgan fingerprint density at radius 1 is 0.588 bits per heavy atom. The Bertz CT molecular complexity index is 103. The van der Waals surface area contributed by atoms with E-state index >= 15 is 0 Å². The van der Waals surface area contributed by atoms with Crippen LogP contribution in [0, 0.1) is 0 Å². The third kappa shape index (κ3) is 18.9. The number of hydrogen-bond donors (Lipinski definition) is 1. The third-order valence-corrected chi connectivity index (χ3v) is 4.13. The molecule has 0 aliphatic heterocycles. The molecule has 0 fully saturated rings. The first-order valence-electron chi connectivity index (χ1n) is 7.56. The maximum Gasteiger partial charge on any atom is -0.0356 e. The standard InChI is InChI=1S/C15H33P.H3N/c1-3-4-5-6-7-8-9-10-11-12-13-14-15-16-2;/h16H,3-15H2,1-2H3;1H3. The molecule has 0 saturated carbocycles. The van der Waals surface area contributed by atoms with Gasteiger partial charge in [0.15, 0.2) is 0 Å². The van der Waals surface area contributed by atoms with Crippen molar-refractivity contribution in [3.8, 4) is 0 Å². The molecular weight excluding hydrogens is 225 g/mol. The molecule has 0 spiro atoms. The van der Waals surface area contributed by atoms with Crippen molar-refractivity contribution in [3.05, 3.63) is 0 Å². The molecule has 0 saturated heterocycles. The van der Waals surface area contributed by atoms with Gasteiger partial charge in [-0.25, -0.2) is 0 Å². The van der Waals surface area contributed by atoms with Crippen LogP contribution in [0.3, 0.4) is 0 Å². The predicted molar refractivity (Wildman–Crippen MR) is 85.2 cm³/mol. The predicted octanol–water partition coefficient (Wildman–Crippen LogP) is 6.16. The average Bonchev–Trinajstić information content (AvgIpc) is 2.31. The molecule has 0 aliphatic carbocycles. The first-order chi connectivity index (χ1) is 7.91. The van der Waals surface area contributed by atoms with Gasteiger partial charge in [-0.05, 0) is 19.2 Å². The first kappa shape index (κ1) is 19.7. The van der Waals surface area contributed by atoms with Crippen LogP contribution in [-0.2, 0) is 0 Å². The largest absolute Gasteiger partial charge is 0.344 e. The van der Waals surface area contributed by atoms with Crippen LogP contribution in [0.15, 0.2) is 0 Å². The third-order valence-electron chi connectivity index (χ3n) is 3.28. The summed E-state index contributed by atoms with van der Waals surface area (Å²) in [6, 6.07) is 0. The molecular formula is C15H36NP. The van der Waals surface area contributed by atoms with Gasteiger partial charge in [-0.2, -0.15) is 0 Å². The van der Waals surface area contributed by atoms with E-state index in [0.29, 0.717) is 0 Å². The summed E-state index contributed by atoms with van der Waals surface area (Å²) >= 11 is 0. The number of rotatable bonds is 13. The maximum atomic E-state index is 2.32. The normalized spacial score (nSPS) is 10.9. The molecule has 0 aliphatic rings. The Balaban J connectivity index is 0. The molecule has 17 heavy (non-hydrogen) atoms. The van der Waals surface area contributed by atoms with E-state index in [1.54, 1.807) is 0 Å². The van der Waals surface area contributed by atoms with Crippen molar-refractivity contribution in [1.82, 2.24) is 6.15 Å². The van der Waals surface area contributed by atoms with E-state index in [1.807, 2.05) is 0 Å². The van der Waals surface area contributed by atoms with E-state index in [1.165, 1.54) is 91.8 Å². The van der Waals surface area contributed by atoms with Gasteiger partial charge in [0, 0.05) is 0 Å². The second kappa shape index (κ2) is 18.7. The highest BCUT2D eigenvalue weighted by Crippen LogP contribution is 2.13. The van der Waals surface area contributed by atoms with Gasteiger partial charge < -0.3 is 6.15 Å². The maximum absolute atomic E-state index is 2.32. The van der Waals surface area contributed by atoms with E-state index < -0.39 is 0 Å². The van der Waals surface area contributed by atoms with Gasteiger partial charge in [0.2, 0.25) is 0 Å². The van der Waals surface area contributed by atoms with Crippen LogP contribution in [0.4, 0.5) is 0 Å². The van der Waals surface area contributed by atoms with Crippen molar-refractivity contribution in [2.75, 3.05) is 12.8 Å². The average molecular weight is 261 g/mol. The second-order valence-corrected chi connectivity index (χ2v) is 6.20. The van der Waals surface area contributed by atoms with Gasteiger partial charge in [-0.3, -0.25) is 0 Å². The lowest BCUT2D eigenvalue weighted by atomic mass is 10.1. The zero-order chi connectivity index (χ0) is 11.9. The summed E-state index contributed by atoms with van der Waals surface area (Å²) in [4.78, 5) is 0. The highest BCUT2D eigenvalue weighted by atomic mass is 31.1. The van der Waals surface area contributed by atoms with Crippen molar-refractivity contribution in [1.29, 1.82) is 0 Å². The lowest BCUT2D eigenvalue weighted by Crippen LogP contribution is -1.83. The zero-order valence-electron chi connectivity index (χ0n) is 12.4. The van der Waals surface area contributed by atoms with Gasteiger partial charge in [0.25, 0.3) is 0 Å². The van der Waals surface area contributed by atoms with Crippen LogP contribution in [0.25, 0.3) is 0 Å². The Morgan fingerprint density at radius 2 is 0.941 bits per heavy atom. The van der Waals surface area contributed by atoms with Crippen LogP contribution in [-0.4, -0.2) is 12.8 Å². The molecule has 1 atom stereocenters. The SMILES string of the molecule is CCCCCCCCCCCCCCPC.N. The molecule has 0 aromatic rings. The molecule has 0 rings (SSSR count). The van der Waals surface area contributed by atoms with Gasteiger partial charge in [0.05, 0.1) is 0 Å². The van der Waals surface area contributed by atoms with Crippen LogP contribution in [0.1, 0.15) is 84.0 Å². The van der Waals surface area contributed by atoms with Crippen molar-refractivity contribution < 1.29 is 0 Å². The topological polar surface area (TPSA) is 35.0 Å². The quantitative estimate of drug-likeness (QED) is 0.313. The minimum Gasteiger partial charge on any atom is -0.344 e. The van der Waals surface area contributed by atoms with E-state index in [-0.39, 0.29) is 6.15 Å². The fourth-order valence-corrected chi connectivity index (χ4v) is 2.75. The van der Waals surface area contributed by atoms with Crippen molar-refractivity contribution in [3.63, 3.8) is 0 Å². The van der Waals surface area contributed by atoms with Crippen LogP contribution < -0.4 is 6.15 Å². The summed E-state index contributed by atoms with van der Waals surface area (Å²) in [6.45, 7) is 4.61. The van der Waals surface area contributed by atoms with E-state index in [9.17, 15) is 0 Å². The molecule has 0 heterocycles. The van der Waals surface area contributed by atoms with E-state index in [0.717, 1.165) is 0 Å². The molecule has 3 N–H and O–H groups in total. The summed E-state index contributed by atoms with van der Waals surface area (Å²) in [5.74, 6) is 0. The molecule has 1 unspecified atom stereocenters. The summed E-state index contributed by atoms with van der Waals surface area (Å²) in [6.07, 6.45) is 19.1. The van der Waals surface area contributed by atoms with Crippen LogP contribution in [0.5, 0.6) is 0 Å². The van der Waals surface area contributed by atoms with Gasteiger partial charge in [-0.15, -0.1) is 8.58 Å². The van der Waals surface area contributed by atoms with Crippen molar-refractivity contribution in [2.45, 2.75) is 84.0 Å². The lowest BCUT2D eigenvalue weighted by Gasteiger charge is -2.02. The molecule has 2 heteroatoms. The first-order valence-corrected chi connectivity index (χ1v) is 9.27. The molecule has 106 valence electrons. The van der Waals surface area contributed by atoms with Gasteiger partial charge >= 0.3 is 0 Å². The molecule has 0 radical (unpaired) electrons. The Kier molecular flexibility index (Phi) is 21.8. The highest BCUT2D eigenvalue weighted by Gasteiger charge is 1.92. The molecule has 0 bridgehead atoms. The molecule has 0 aromatic carbocycles.